The SMILES string of the molecule is CCc1sc(C(=O)N(CCOC)c2c(N)n(CC(C)C)c(=O)[nH]c2=O)cc1C. The van der Waals surface area contributed by atoms with Gasteiger partial charge in [0.15, 0.2) is 5.69 Å². The first-order valence-electron chi connectivity index (χ1n) is 9.23. The molecule has 2 rings (SSSR count). The first-order chi connectivity index (χ1) is 13.2. The van der Waals surface area contributed by atoms with E-state index in [1.807, 2.05) is 33.8 Å². The lowest BCUT2D eigenvalue weighted by molar-refractivity contribution is 0.0979. The fourth-order valence-electron chi connectivity index (χ4n) is 2.99. The van der Waals surface area contributed by atoms with E-state index in [2.05, 4.69) is 4.98 Å². The maximum atomic E-state index is 13.2. The number of hydrogen-bond acceptors (Lipinski definition) is 6. The Morgan fingerprint density at radius 1 is 1.39 bits per heavy atom. The van der Waals surface area contributed by atoms with E-state index < -0.39 is 11.2 Å². The fraction of sp³-hybridized carbons (Fsp3) is 0.526. The van der Waals surface area contributed by atoms with Crippen LogP contribution in [0.15, 0.2) is 15.7 Å². The number of nitrogens with one attached hydrogen (secondary N) is 1. The van der Waals surface area contributed by atoms with Gasteiger partial charge in [0.1, 0.15) is 5.82 Å². The van der Waals surface area contributed by atoms with Gasteiger partial charge in [-0.05, 0) is 30.9 Å². The molecule has 0 atom stereocenters. The van der Waals surface area contributed by atoms with Crippen LogP contribution in [0.4, 0.5) is 11.5 Å². The third-order valence-corrected chi connectivity index (χ3v) is 5.72. The van der Waals surface area contributed by atoms with E-state index in [1.165, 1.54) is 27.9 Å². The topological polar surface area (TPSA) is 110 Å². The van der Waals surface area contributed by atoms with Crippen LogP contribution in [-0.2, 0) is 17.7 Å². The minimum atomic E-state index is -0.684. The standard InChI is InChI=1S/C19H28N4O4S/c1-6-13-12(4)9-14(28-13)18(25)22(7-8-27-5)15-16(20)23(10-11(2)3)19(26)21-17(15)24/h9,11H,6-8,10,20H2,1-5H3,(H,21,24,26). The zero-order chi connectivity index (χ0) is 21.0. The van der Waals surface area contributed by atoms with Crippen molar-refractivity contribution >= 4 is 28.7 Å². The van der Waals surface area contributed by atoms with E-state index in [-0.39, 0.29) is 36.5 Å². The minimum absolute atomic E-state index is 0.0177. The maximum absolute atomic E-state index is 13.2. The van der Waals surface area contributed by atoms with Crippen LogP contribution in [-0.4, -0.2) is 35.7 Å². The average Bonchev–Trinajstić information content (AvgIpc) is 3.01. The normalized spacial score (nSPS) is 11.2. The van der Waals surface area contributed by atoms with Gasteiger partial charge < -0.3 is 10.5 Å². The van der Waals surface area contributed by atoms with Crippen molar-refractivity contribution in [2.24, 2.45) is 5.92 Å². The second kappa shape index (κ2) is 9.20. The molecule has 0 unspecified atom stereocenters. The molecule has 28 heavy (non-hydrogen) atoms. The summed E-state index contributed by atoms with van der Waals surface area (Å²) in [5.74, 6) is -0.221. The fourth-order valence-corrected chi connectivity index (χ4v) is 4.05. The smallest absolute Gasteiger partial charge is 0.330 e. The Kier molecular flexibility index (Phi) is 7.20. The van der Waals surface area contributed by atoms with Gasteiger partial charge in [0, 0.05) is 25.1 Å². The number of aromatic amines is 1. The summed E-state index contributed by atoms with van der Waals surface area (Å²) in [6.45, 7) is 8.55. The molecule has 1 amide bonds. The van der Waals surface area contributed by atoms with Crippen LogP contribution in [0.3, 0.4) is 0 Å². The van der Waals surface area contributed by atoms with E-state index in [4.69, 9.17) is 10.5 Å². The molecule has 0 aliphatic heterocycles. The molecular formula is C19H28N4O4S. The molecule has 0 radical (unpaired) electrons. The van der Waals surface area contributed by atoms with Crippen LogP contribution in [0.5, 0.6) is 0 Å². The molecule has 8 nitrogen and oxygen atoms in total. The van der Waals surface area contributed by atoms with Crippen LogP contribution < -0.4 is 21.9 Å². The Balaban J connectivity index is 2.60. The lowest BCUT2D eigenvalue weighted by Crippen LogP contribution is -2.42. The number of aryl methyl sites for hydroxylation is 2. The van der Waals surface area contributed by atoms with Gasteiger partial charge >= 0.3 is 5.69 Å². The molecule has 9 heteroatoms. The largest absolute Gasteiger partial charge is 0.383 e. The Morgan fingerprint density at radius 3 is 2.61 bits per heavy atom. The van der Waals surface area contributed by atoms with Crippen LogP contribution in [0.1, 0.15) is 40.9 Å². The van der Waals surface area contributed by atoms with E-state index in [0.717, 1.165) is 16.9 Å². The first kappa shape index (κ1) is 21.9. The van der Waals surface area contributed by atoms with Crippen molar-refractivity contribution in [2.75, 3.05) is 30.9 Å². The van der Waals surface area contributed by atoms with Crippen molar-refractivity contribution in [1.82, 2.24) is 9.55 Å². The number of rotatable bonds is 8. The maximum Gasteiger partial charge on any atom is 0.330 e. The van der Waals surface area contributed by atoms with Gasteiger partial charge in [0.25, 0.3) is 11.5 Å². The molecule has 0 aliphatic carbocycles. The second-order valence-electron chi connectivity index (χ2n) is 7.02. The van der Waals surface area contributed by atoms with Gasteiger partial charge in [-0.1, -0.05) is 20.8 Å². The highest BCUT2D eigenvalue weighted by Crippen LogP contribution is 2.26. The van der Waals surface area contributed by atoms with E-state index >= 15 is 0 Å². The minimum Gasteiger partial charge on any atom is -0.383 e. The highest BCUT2D eigenvalue weighted by Gasteiger charge is 2.26. The molecule has 3 N–H and O–H groups in total. The van der Waals surface area contributed by atoms with Gasteiger partial charge in [-0.25, -0.2) is 4.79 Å². The lowest BCUT2D eigenvalue weighted by Gasteiger charge is -2.24. The number of thiophene rings is 1. The number of ether oxygens (including phenoxy) is 1. The molecule has 0 aromatic carbocycles. The number of carbonyl (C=O) groups excluding carboxylic acids is 1. The van der Waals surface area contributed by atoms with Gasteiger partial charge in [0.05, 0.1) is 11.5 Å². The molecule has 0 saturated carbocycles. The summed E-state index contributed by atoms with van der Waals surface area (Å²) in [5.41, 5.74) is 5.94. The molecule has 0 saturated heterocycles. The van der Waals surface area contributed by atoms with Gasteiger partial charge in [0.2, 0.25) is 0 Å². The summed E-state index contributed by atoms with van der Waals surface area (Å²) >= 11 is 1.40. The Labute approximate surface area is 167 Å². The van der Waals surface area contributed by atoms with E-state index in [1.54, 1.807) is 0 Å². The number of amides is 1. The van der Waals surface area contributed by atoms with E-state index in [9.17, 15) is 14.4 Å². The molecule has 0 bridgehead atoms. The van der Waals surface area contributed by atoms with Gasteiger partial charge in [-0.2, -0.15) is 0 Å². The second-order valence-corrected chi connectivity index (χ2v) is 8.15. The molecule has 2 aromatic rings. The summed E-state index contributed by atoms with van der Waals surface area (Å²) in [4.78, 5) is 43.3. The van der Waals surface area contributed by atoms with Crippen LogP contribution in [0.2, 0.25) is 0 Å². The van der Waals surface area contributed by atoms with Crippen molar-refractivity contribution in [1.29, 1.82) is 0 Å². The number of H-pyrrole nitrogens is 1. The number of nitrogens with two attached hydrogens (primary N) is 1. The number of aromatic nitrogens is 2. The molecular weight excluding hydrogens is 380 g/mol. The van der Waals surface area contributed by atoms with Gasteiger partial charge in [-0.15, -0.1) is 11.3 Å². The Morgan fingerprint density at radius 2 is 2.07 bits per heavy atom. The summed E-state index contributed by atoms with van der Waals surface area (Å²) < 4.78 is 6.41. The number of carbonyl (C=O) groups is 1. The molecule has 0 fully saturated rings. The summed E-state index contributed by atoms with van der Waals surface area (Å²) in [6, 6.07) is 1.82. The monoisotopic (exact) mass is 408 g/mol. The van der Waals surface area contributed by atoms with Crippen molar-refractivity contribution in [2.45, 2.75) is 40.7 Å². The zero-order valence-corrected chi connectivity index (χ0v) is 17.8. The third-order valence-electron chi connectivity index (χ3n) is 4.35. The number of hydrogen-bond donors (Lipinski definition) is 2. The quantitative estimate of drug-likeness (QED) is 0.694. The number of nitrogen functional groups attached to an aromatic ring is 1. The zero-order valence-electron chi connectivity index (χ0n) is 17.0. The highest BCUT2D eigenvalue weighted by atomic mass is 32.1. The van der Waals surface area contributed by atoms with Crippen molar-refractivity contribution in [3.05, 3.63) is 42.2 Å². The highest BCUT2D eigenvalue weighted by molar-refractivity contribution is 7.14. The first-order valence-corrected chi connectivity index (χ1v) is 10.1. The molecule has 2 heterocycles. The lowest BCUT2D eigenvalue weighted by atomic mass is 10.2. The molecule has 0 aliphatic rings. The Hall–Kier alpha value is -2.39. The summed E-state index contributed by atoms with van der Waals surface area (Å²) in [5, 5.41) is 0. The van der Waals surface area contributed by atoms with Crippen molar-refractivity contribution in [3.63, 3.8) is 0 Å². The molecule has 0 spiro atoms. The van der Waals surface area contributed by atoms with Crippen LogP contribution >= 0.6 is 11.3 Å². The van der Waals surface area contributed by atoms with Crippen molar-refractivity contribution < 1.29 is 9.53 Å². The molecule has 2 aromatic heterocycles. The van der Waals surface area contributed by atoms with Crippen molar-refractivity contribution in [3.8, 4) is 0 Å². The summed E-state index contributed by atoms with van der Waals surface area (Å²) in [7, 11) is 1.51. The number of anilines is 2. The molecule has 154 valence electrons. The summed E-state index contributed by atoms with van der Waals surface area (Å²) in [6.07, 6.45) is 0.823. The number of methoxy groups -OCH3 is 1. The van der Waals surface area contributed by atoms with Gasteiger partial charge in [-0.3, -0.25) is 24.0 Å². The predicted octanol–water partition coefficient (Wildman–Crippen LogP) is 2.00. The predicted molar refractivity (Wildman–Crippen MR) is 113 cm³/mol. The Bertz CT molecular complexity index is 958. The van der Waals surface area contributed by atoms with E-state index in [0.29, 0.717) is 11.4 Å². The third kappa shape index (κ3) is 4.53. The van der Waals surface area contributed by atoms with Crippen LogP contribution in [0, 0.1) is 12.8 Å². The van der Waals surface area contributed by atoms with Crippen LogP contribution in [0.25, 0.3) is 0 Å². The number of nitrogens with zero attached hydrogens (tertiary/aromatic N) is 2. The average molecular weight is 409 g/mol.